The van der Waals surface area contributed by atoms with E-state index in [1.165, 1.54) is 0 Å². The molecule has 0 aliphatic rings. The maximum absolute atomic E-state index is 5.62. The largest absolute Gasteiger partial charge is 0.407 e. The normalized spacial score (nSPS) is 10.9. The fourth-order valence-electron chi connectivity index (χ4n) is 1.52. The van der Waals surface area contributed by atoms with Gasteiger partial charge in [-0.15, -0.1) is 5.10 Å². The molecule has 0 bridgehead atoms. The van der Waals surface area contributed by atoms with E-state index >= 15 is 0 Å². The summed E-state index contributed by atoms with van der Waals surface area (Å²) in [6.45, 7) is 6.26. The second-order valence-electron chi connectivity index (χ2n) is 4.13. The lowest BCUT2D eigenvalue weighted by atomic mass is 10.5. The van der Waals surface area contributed by atoms with Crippen LogP contribution >= 0.6 is 0 Å². The molecule has 19 heavy (non-hydrogen) atoms. The highest BCUT2D eigenvalue weighted by Crippen LogP contribution is 2.11. The number of methoxy groups -OCH3 is 2. The Kier molecular flexibility index (Phi) is 8.11. The Morgan fingerprint density at radius 1 is 1.16 bits per heavy atom. The van der Waals surface area contributed by atoms with Crippen molar-refractivity contribution in [3.05, 3.63) is 5.89 Å². The number of hydrogen-bond acceptors (Lipinski definition) is 7. The van der Waals surface area contributed by atoms with E-state index in [0.29, 0.717) is 44.8 Å². The van der Waals surface area contributed by atoms with Crippen LogP contribution in [0.3, 0.4) is 0 Å². The molecule has 7 heteroatoms. The van der Waals surface area contributed by atoms with Crippen molar-refractivity contribution < 1.29 is 13.9 Å². The molecule has 1 aromatic rings. The summed E-state index contributed by atoms with van der Waals surface area (Å²) in [6.07, 6.45) is 1.08. The van der Waals surface area contributed by atoms with Gasteiger partial charge in [0.25, 0.3) is 0 Å². The van der Waals surface area contributed by atoms with Crippen molar-refractivity contribution in [2.24, 2.45) is 0 Å². The van der Waals surface area contributed by atoms with Crippen LogP contribution in [0.25, 0.3) is 0 Å². The molecule has 0 spiro atoms. The van der Waals surface area contributed by atoms with Crippen molar-refractivity contribution in [3.8, 4) is 0 Å². The Morgan fingerprint density at radius 2 is 1.84 bits per heavy atom. The van der Waals surface area contributed by atoms with Gasteiger partial charge in [-0.05, 0) is 13.0 Å². The molecule has 0 aromatic carbocycles. The van der Waals surface area contributed by atoms with Gasteiger partial charge in [0, 0.05) is 27.3 Å². The number of anilines is 1. The predicted molar refractivity (Wildman–Crippen MR) is 72.3 cm³/mol. The molecule has 1 heterocycles. The van der Waals surface area contributed by atoms with Crippen molar-refractivity contribution in [2.45, 2.75) is 19.9 Å². The van der Waals surface area contributed by atoms with Crippen molar-refractivity contribution in [1.29, 1.82) is 0 Å². The Balaban J connectivity index is 2.51. The van der Waals surface area contributed by atoms with Crippen LogP contribution in [-0.4, -0.2) is 57.3 Å². The van der Waals surface area contributed by atoms with Crippen LogP contribution in [0.4, 0.5) is 6.01 Å². The fourth-order valence-corrected chi connectivity index (χ4v) is 1.52. The van der Waals surface area contributed by atoms with Crippen LogP contribution in [0.5, 0.6) is 0 Å². The zero-order chi connectivity index (χ0) is 13.9. The molecule has 0 fully saturated rings. The summed E-state index contributed by atoms with van der Waals surface area (Å²) in [5.74, 6) is 0.600. The fraction of sp³-hybridized carbons (Fsp3) is 0.833. The molecule has 0 aliphatic heterocycles. The molecule has 0 aliphatic carbocycles. The third kappa shape index (κ3) is 6.00. The number of hydrogen-bond donors (Lipinski definition) is 1. The van der Waals surface area contributed by atoms with Gasteiger partial charge in [-0.1, -0.05) is 12.0 Å². The van der Waals surface area contributed by atoms with Gasteiger partial charge in [0.05, 0.1) is 19.8 Å². The Bertz CT molecular complexity index is 325. The molecule has 0 saturated heterocycles. The first-order valence-corrected chi connectivity index (χ1v) is 6.57. The highest BCUT2D eigenvalue weighted by atomic mass is 16.5. The molecule has 0 atom stereocenters. The average molecular weight is 272 g/mol. The number of ether oxygens (including phenoxy) is 2. The van der Waals surface area contributed by atoms with E-state index in [-0.39, 0.29) is 0 Å². The predicted octanol–water partition coefficient (Wildman–Crippen LogP) is 0.668. The highest BCUT2D eigenvalue weighted by molar-refractivity contribution is 5.23. The standard InChI is InChI=1S/C12H24N4O3/c1-4-5-13-10-11-14-15-12(19-11)16(6-8-17-2)7-9-18-3/h13H,4-10H2,1-3H3. The first-order chi connectivity index (χ1) is 9.31. The van der Waals surface area contributed by atoms with Gasteiger partial charge in [0.15, 0.2) is 0 Å². The van der Waals surface area contributed by atoms with Gasteiger partial charge in [-0.3, -0.25) is 0 Å². The zero-order valence-corrected chi connectivity index (χ0v) is 12.0. The molecule has 110 valence electrons. The maximum atomic E-state index is 5.62. The molecule has 0 unspecified atom stereocenters. The molecular formula is C12H24N4O3. The zero-order valence-electron chi connectivity index (χ0n) is 12.0. The lowest BCUT2D eigenvalue weighted by Crippen LogP contribution is -2.30. The van der Waals surface area contributed by atoms with Crippen molar-refractivity contribution in [2.75, 3.05) is 52.0 Å². The SMILES string of the molecule is CCCNCc1nnc(N(CCOC)CCOC)o1. The van der Waals surface area contributed by atoms with Crippen LogP contribution in [0.2, 0.25) is 0 Å². The van der Waals surface area contributed by atoms with Crippen LogP contribution < -0.4 is 10.2 Å². The van der Waals surface area contributed by atoms with Gasteiger partial charge in [0.2, 0.25) is 5.89 Å². The summed E-state index contributed by atoms with van der Waals surface area (Å²) in [5, 5.41) is 11.3. The second kappa shape index (κ2) is 9.71. The van der Waals surface area contributed by atoms with E-state index in [9.17, 15) is 0 Å². The summed E-state index contributed by atoms with van der Waals surface area (Å²) in [7, 11) is 3.34. The quantitative estimate of drug-likeness (QED) is 0.593. The Labute approximate surface area is 114 Å². The van der Waals surface area contributed by atoms with E-state index < -0.39 is 0 Å². The highest BCUT2D eigenvalue weighted by Gasteiger charge is 2.13. The van der Waals surface area contributed by atoms with Crippen LogP contribution in [0.15, 0.2) is 4.42 Å². The van der Waals surface area contributed by atoms with Gasteiger partial charge < -0.3 is 24.1 Å². The van der Waals surface area contributed by atoms with Gasteiger partial charge in [0.1, 0.15) is 0 Å². The average Bonchev–Trinajstić information content (AvgIpc) is 2.88. The third-order valence-electron chi connectivity index (χ3n) is 2.56. The van der Waals surface area contributed by atoms with E-state index in [0.717, 1.165) is 13.0 Å². The van der Waals surface area contributed by atoms with E-state index in [1.54, 1.807) is 14.2 Å². The summed E-state index contributed by atoms with van der Waals surface area (Å²) >= 11 is 0. The molecule has 0 saturated carbocycles. The first-order valence-electron chi connectivity index (χ1n) is 6.57. The van der Waals surface area contributed by atoms with E-state index in [1.807, 2.05) is 4.90 Å². The molecule has 0 radical (unpaired) electrons. The first kappa shape index (κ1) is 15.9. The van der Waals surface area contributed by atoms with Gasteiger partial charge in [-0.2, -0.15) is 0 Å². The lowest BCUT2D eigenvalue weighted by Gasteiger charge is -2.18. The number of nitrogens with one attached hydrogen (secondary N) is 1. The molecular weight excluding hydrogens is 248 g/mol. The van der Waals surface area contributed by atoms with Gasteiger partial charge in [-0.25, -0.2) is 0 Å². The monoisotopic (exact) mass is 272 g/mol. The second-order valence-corrected chi connectivity index (χ2v) is 4.13. The summed E-state index contributed by atoms with van der Waals surface area (Å²) in [4.78, 5) is 1.96. The Hall–Kier alpha value is -1.18. The molecule has 1 aromatic heterocycles. The van der Waals surface area contributed by atoms with Crippen molar-refractivity contribution >= 4 is 6.01 Å². The number of nitrogens with zero attached hydrogens (tertiary/aromatic N) is 3. The molecule has 0 amide bonds. The van der Waals surface area contributed by atoms with Gasteiger partial charge >= 0.3 is 6.01 Å². The molecule has 1 rings (SSSR count). The van der Waals surface area contributed by atoms with Crippen LogP contribution in [-0.2, 0) is 16.0 Å². The minimum Gasteiger partial charge on any atom is -0.407 e. The third-order valence-corrected chi connectivity index (χ3v) is 2.56. The molecule has 7 nitrogen and oxygen atoms in total. The van der Waals surface area contributed by atoms with E-state index in [4.69, 9.17) is 13.9 Å². The van der Waals surface area contributed by atoms with Crippen LogP contribution in [0, 0.1) is 0 Å². The summed E-state index contributed by atoms with van der Waals surface area (Å²) < 4.78 is 15.8. The summed E-state index contributed by atoms with van der Waals surface area (Å²) in [6, 6.07) is 0.516. The van der Waals surface area contributed by atoms with Crippen molar-refractivity contribution in [3.63, 3.8) is 0 Å². The molecule has 1 N–H and O–H groups in total. The number of aromatic nitrogens is 2. The summed E-state index contributed by atoms with van der Waals surface area (Å²) in [5.41, 5.74) is 0. The van der Waals surface area contributed by atoms with Crippen LogP contribution in [0.1, 0.15) is 19.2 Å². The maximum Gasteiger partial charge on any atom is 0.318 e. The topological polar surface area (TPSA) is 72.7 Å². The van der Waals surface area contributed by atoms with E-state index in [2.05, 4.69) is 22.4 Å². The number of rotatable bonds is 11. The minimum atomic E-state index is 0.516. The minimum absolute atomic E-state index is 0.516. The van der Waals surface area contributed by atoms with Crippen molar-refractivity contribution in [1.82, 2.24) is 15.5 Å². The Morgan fingerprint density at radius 3 is 2.42 bits per heavy atom. The lowest BCUT2D eigenvalue weighted by molar-refractivity contribution is 0.188. The smallest absolute Gasteiger partial charge is 0.318 e.